The van der Waals surface area contributed by atoms with E-state index in [4.69, 9.17) is 30.5 Å². The van der Waals surface area contributed by atoms with Crippen LogP contribution in [0.2, 0.25) is 5.15 Å². The fourth-order valence-electron chi connectivity index (χ4n) is 3.25. The number of aryl methyl sites for hydroxylation is 2. The quantitative estimate of drug-likeness (QED) is 0.255. The molecule has 0 aliphatic rings. The summed E-state index contributed by atoms with van der Waals surface area (Å²) in [4.78, 5) is 20.8. The fraction of sp³-hybridized carbons (Fsp3) is 0.292. The smallest absolute Gasteiger partial charge is 0.303 e. The van der Waals surface area contributed by atoms with Crippen LogP contribution in [0.4, 0.5) is 0 Å². The number of rotatable bonds is 9. The highest BCUT2D eigenvalue weighted by molar-refractivity contribution is 6.30. The lowest BCUT2D eigenvalue weighted by Gasteiger charge is -2.22. The number of halogens is 1. The monoisotopic (exact) mass is 456 g/mol. The molecule has 0 radical (unpaired) electrons. The van der Waals surface area contributed by atoms with E-state index < -0.39 is 12.1 Å². The van der Waals surface area contributed by atoms with E-state index >= 15 is 0 Å². The summed E-state index contributed by atoms with van der Waals surface area (Å²) in [6.07, 6.45) is -0.780. The van der Waals surface area contributed by atoms with Crippen LogP contribution in [0.15, 0.2) is 48.5 Å². The number of methoxy groups -OCH3 is 1. The average Bonchev–Trinajstić information content (AvgIpc) is 2.76. The lowest BCUT2D eigenvalue weighted by Crippen LogP contribution is -2.15. The summed E-state index contributed by atoms with van der Waals surface area (Å²) in [5.41, 5.74) is 3.74. The number of aromatic nitrogens is 2. The summed E-state index contributed by atoms with van der Waals surface area (Å²) >= 11 is 6.27. The molecule has 1 aromatic carbocycles. The maximum atomic E-state index is 11.9. The maximum absolute atomic E-state index is 11.9. The Balaban J connectivity index is 1.90. The molecule has 168 valence electrons. The summed E-state index contributed by atoms with van der Waals surface area (Å²) < 4.78 is 21.8. The lowest BCUT2D eigenvalue weighted by atomic mass is 9.99. The number of esters is 1. The van der Waals surface area contributed by atoms with E-state index in [0.29, 0.717) is 29.6 Å². The highest BCUT2D eigenvalue weighted by Gasteiger charge is 2.25. The zero-order valence-corrected chi connectivity index (χ0v) is 19.2. The van der Waals surface area contributed by atoms with Gasteiger partial charge < -0.3 is 18.9 Å². The van der Waals surface area contributed by atoms with Crippen LogP contribution in [0.1, 0.15) is 41.1 Å². The maximum Gasteiger partial charge on any atom is 0.303 e. The topological polar surface area (TPSA) is 79.8 Å². The molecular weight excluding hydrogens is 432 g/mol. The number of carbonyl (C=O) groups excluding carboxylic acids is 1. The number of carbonyl (C=O) groups is 1. The molecule has 0 fully saturated rings. The lowest BCUT2D eigenvalue weighted by molar-refractivity contribution is -0.145. The van der Waals surface area contributed by atoms with Crippen molar-refractivity contribution in [3.63, 3.8) is 0 Å². The van der Waals surface area contributed by atoms with Gasteiger partial charge >= 0.3 is 5.97 Å². The van der Waals surface area contributed by atoms with Crippen molar-refractivity contribution in [2.75, 3.05) is 13.9 Å². The van der Waals surface area contributed by atoms with Gasteiger partial charge in [0.25, 0.3) is 0 Å². The number of benzene rings is 1. The molecule has 0 amide bonds. The zero-order valence-electron chi connectivity index (χ0n) is 18.4. The van der Waals surface area contributed by atoms with Gasteiger partial charge in [-0.05, 0) is 37.1 Å². The van der Waals surface area contributed by atoms with Gasteiger partial charge in [0.05, 0.1) is 5.69 Å². The van der Waals surface area contributed by atoms with Gasteiger partial charge in [-0.3, -0.25) is 4.79 Å². The van der Waals surface area contributed by atoms with Crippen LogP contribution in [0, 0.1) is 13.8 Å². The van der Waals surface area contributed by atoms with Crippen LogP contribution in [-0.4, -0.2) is 29.8 Å². The number of hydrogen-bond donors (Lipinski definition) is 0. The van der Waals surface area contributed by atoms with Crippen LogP contribution >= 0.6 is 11.6 Å². The molecule has 0 N–H and O–H groups in total. The van der Waals surface area contributed by atoms with E-state index in [1.165, 1.54) is 14.0 Å². The van der Waals surface area contributed by atoms with Gasteiger partial charge in [-0.1, -0.05) is 41.9 Å². The summed E-state index contributed by atoms with van der Waals surface area (Å²) in [5, 5.41) is 0.141. The minimum atomic E-state index is -0.780. The standard InChI is InChI=1S/C24H25ClN2O5/c1-15-12-21(30-13-18-8-6-5-7-9-18)26-16(2)22(15)23(32-17(3)28)19-10-11-20(24(25)27-19)31-14-29-4/h5-12,23H,13-14H2,1-4H3. The summed E-state index contributed by atoms with van der Waals surface area (Å²) in [6.45, 7) is 5.54. The third kappa shape index (κ3) is 5.96. The van der Waals surface area contributed by atoms with Crippen molar-refractivity contribution < 1.29 is 23.7 Å². The minimum Gasteiger partial charge on any atom is -0.473 e. The van der Waals surface area contributed by atoms with Gasteiger partial charge in [-0.25, -0.2) is 9.97 Å². The third-order valence-corrected chi connectivity index (χ3v) is 4.92. The third-order valence-electron chi connectivity index (χ3n) is 4.65. The molecule has 0 spiro atoms. The van der Waals surface area contributed by atoms with Crippen molar-refractivity contribution in [2.24, 2.45) is 0 Å². The van der Waals surface area contributed by atoms with Gasteiger partial charge in [-0.2, -0.15) is 0 Å². The van der Waals surface area contributed by atoms with E-state index in [-0.39, 0.29) is 11.9 Å². The Labute approximate surface area is 192 Å². The van der Waals surface area contributed by atoms with Gasteiger partial charge in [0.1, 0.15) is 6.61 Å². The number of ether oxygens (including phenoxy) is 4. The van der Waals surface area contributed by atoms with Gasteiger partial charge in [-0.15, -0.1) is 0 Å². The van der Waals surface area contributed by atoms with Crippen LogP contribution in [0.3, 0.4) is 0 Å². The molecule has 3 rings (SSSR count). The molecule has 3 aromatic rings. The van der Waals surface area contributed by atoms with E-state index in [0.717, 1.165) is 16.7 Å². The van der Waals surface area contributed by atoms with Crippen LogP contribution in [0.5, 0.6) is 11.6 Å². The van der Waals surface area contributed by atoms with Crippen molar-refractivity contribution in [3.05, 3.63) is 81.8 Å². The van der Waals surface area contributed by atoms with Crippen molar-refractivity contribution in [3.8, 4) is 11.6 Å². The molecule has 0 saturated carbocycles. The molecule has 1 atom stereocenters. The van der Waals surface area contributed by atoms with E-state index in [2.05, 4.69) is 9.97 Å². The highest BCUT2D eigenvalue weighted by atomic mass is 35.5. The van der Waals surface area contributed by atoms with Crippen molar-refractivity contribution in [2.45, 2.75) is 33.5 Å². The molecule has 32 heavy (non-hydrogen) atoms. The Morgan fingerprint density at radius 3 is 2.44 bits per heavy atom. The van der Waals surface area contributed by atoms with E-state index in [9.17, 15) is 4.79 Å². The van der Waals surface area contributed by atoms with E-state index in [1.807, 2.05) is 50.2 Å². The molecule has 0 aliphatic carbocycles. The molecule has 0 bridgehead atoms. The second-order valence-corrected chi connectivity index (χ2v) is 7.47. The summed E-state index contributed by atoms with van der Waals surface area (Å²) in [5.74, 6) is 0.411. The van der Waals surface area contributed by atoms with Gasteiger partial charge in [0.15, 0.2) is 23.8 Å². The second kappa shape index (κ2) is 10.9. The normalized spacial score (nSPS) is 11.7. The van der Waals surface area contributed by atoms with Crippen LogP contribution < -0.4 is 9.47 Å². The minimum absolute atomic E-state index is 0.0424. The Bertz CT molecular complexity index is 1050. The Hall–Kier alpha value is -3.16. The largest absolute Gasteiger partial charge is 0.473 e. The van der Waals surface area contributed by atoms with Crippen LogP contribution in [-0.2, 0) is 20.9 Å². The highest BCUT2D eigenvalue weighted by Crippen LogP contribution is 2.34. The first-order chi connectivity index (χ1) is 15.4. The zero-order chi connectivity index (χ0) is 23.1. The van der Waals surface area contributed by atoms with Crippen LogP contribution in [0.25, 0.3) is 0 Å². The summed E-state index contributed by atoms with van der Waals surface area (Å²) in [7, 11) is 1.51. The SMILES string of the molecule is COCOc1ccc(C(OC(C)=O)c2c(C)cc(OCc3ccccc3)nc2C)nc1Cl. The predicted molar refractivity (Wildman–Crippen MR) is 120 cm³/mol. The van der Waals surface area contributed by atoms with Crippen molar-refractivity contribution in [1.29, 1.82) is 0 Å². The number of pyridine rings is 2. The predicted octanol–water partition coefficient (Wildman–Crippen LogP) is 4.96. The molecule has 0 saturated heterocycles. The molecule has 7 nitrogen and oxygen atoms in total. The van der Waals surface area contributed by atoms with Gasteiger partial charge in [0.2, 0.25) is 5.88 Å². The van der Waals surface area contributed by atoms with Crippen molar-refractivity contribution in [1.82, 2.24) is 9.97 Å². The molecule has 2 aromatic heterocycles. The first kappa shape index (κ1) is 23.5. The Morgan fingerprint density at radius 1 is 1.06 bits per heavy atom. The molecule has 2 heterocycles. The Kier molecular flexibility index (Phi) is 8.03. The van der Waals surface area contributed by atoms with E-state index in [1.54, 1.807) is 12.1 Å². The molecular formula is C24H25ClN2O5. The summed E-state index contributed by atoms with van der Waals surface area (Å²) in [6, 6.07) is 15.0. The fourth-order valence-corrected chi connectivity index (χ4v) is 3.47. The van der Waals surface area contributed by atoms with Gasteiger partial charge in [0, 0.05) is 31.4 Å². The van der Waals surface area contributed by atoms with Crippen molar-refractivity contribution >= 4 is 17.6 Å². The Morgan fingerprint density at radius 2 is 1.81 bits per heavy atom. The first-order valence-corrected chi connectivity index (χ1v) is 10.4. The first-order valence-electron chi connectivity index (χ1n) is 9.99. The average molecular weight is 457 g/mol. The molecule has 0 aliphatic heterocycles. The number of hydrogen-bond acceptors (Lipinski definition) is 7. The number of nitrogens with zero attached hydrogens (tertiary/aromatic N) is 2. The molecule has 1 unspecified atom stereocenters. The second-order valence-electron chi connectivity index (χ2n) is 7.12. The molecule has 8 heteroatoms.